The van der Waals surface area contributed by atoms with Crippen molar-refractivity contribution >= 4 is 17.9 Å². The fourth-order valence-electron chi connectivity index (χ4n) is 8.61. The molecule has 0 aromatic rings. The Morgan fingerprint density at radius 2 is 0.557 bits per heavy atom. The summed E-state index contributed by atoms with van der Waals surface area (Å²) in [4.78, 5) is 38.0. The molecule has 406 valence electrons. The molecule has 0 saturated carbocycles. The van der Waals surface area contributed by atoms with Crippen molar-refractivity contribution in [2.75, 3.05) is 13.2 Å². The highest BCUT2D eigenvalue weighted by Gasteiger charge is 2.19. The zero-order chi connectivity index (χ0) is 50.7. The van der Waals surface area contributed by atoms with Gasteiger partial charge in [-0.05, 0) is 96.3 Å². The van der Waals surface area contributed by atoms with E-state index in [1.807, 2.05) is 0 Å². The lowest BCUT2D eigenvalue weighted by molar-refractivity contribution is -0.167. The molecule has 0 aliphatic carbocycles. The van der Waals surface area contributed by atoms with E-state index < -0.39 is 6.10 Å². The number of ether oxygens (including phenoxy) is 3. The van der Waals surface area contributed by atoms with Crippen molar-refractivity contribution in [3.05, 3.63) is 60.8 Å². The van der Waals surface area contributed by atoms with Crippen LogP contribution in [0.2, 0.25) is 0 Å². The van der Waals surface area contributed by atoms with Crippen molar-refractivity contribution in [3.8, 4) is 0 Å². The van der Waals surface area contributed by atoms with Crippen LogP contribution >= 0.6 is 0 Å². The van der Waals surface area contributed by atoms with Gasteiger partial charge in [0.2, 0.25) is 0 Å². The maximum Gasteiger partial charge on any atom is 0.306 e. The minimum atomic E-state index is -0.778. The van der Waals surface area contributed by atoms with Gasteiger partial charge in [-0.25, -0.2) is 0 Å². The van der Waals surface area contributed by atoms with Gasteiger partial charge in [0.05, 0.1) is 0 Å². The van der Waals surface area contributed by atoms with Gasteiger partial charge in [-0.2, -0.15) is 0 Å². The first-order chi connectivity index (χ1) is 34.5. The van der Waals surface area contributed by atoms with Crippen LogP contribution in [0.25, 0.3) is 0 Å². The third kappa shape index (κ3) is 56.0. The Bertz CT molecular complexity index is 1260. The molecule has 0 spiro atoms. The van der Waals surface area contributed by atoms with E-state index in [-0.39, 0.29) is 31.1 Å². The molecule has 0 N–H and O–H groups in total. The van der Waals surface area contributed by atoms with Crippen LogP contribution in [-0.4, -0.2) is 37.2 Å². The van der Waals surface area contributed by atoms with Crippen molar-refractivity contribution in [3.63, 3.8) is 0 Å². The van der Waals surface area contributed by atoms with Gasteiger partial charge in [-0.15, -0.1) is 0 Å². The zero-order valence-corrected chi connectivity index (χ0v) is 46.5. The molecule has 6 heteroatoms. The third-order valence-corrected chi connectivity index (χ3v) is 13.2. The second kappa shape index (κ2) is 58.7. The van der Waals surface area contributed by atoms with Crippen LogP contribution in [0.5, 0.6) is 0 Å². The largest absolute Gasteiger partial charge is 0.462 e. The average molecular weight is 980 g/mol. The molecule has 0 radical (unpaired) electrons. The van der Waals surface area contributed by atoms with Crippen LogP contribution in [-0.2, 0) is 28.6 Å². The molecular formula is C64H114O6. The molecule has 0 saturated heterocycles. The maximum absolute atomic E-state index is 12.8. The summed E-state index contributed by atoms with van der Waals surface area (Å²) in [6, 6.07) is 0. The summed E-state index contributed by atoms with van der Waals surface area (Å²) < 4.78 is 16.8. The highest BCUT2D eigenvalue weighted by molar-refractivity contribution is 5.71. The summed E-state index contributed by atoms with van der Waals surface area (Å²) in [5, 5.41) is 0. The molecular weight excluding hydrogens is 865 g/mol. The first kappa shape index (κ1) is 67.1. The predicted octanol–water partition coefficient (Wildman–Crippen LogP) is 20.4. The average Bonchev–Trinajstić information content (AvgIpc) is 3.36. The van der Waals surface area contributed by atoms with Crippen molar-refractivity contribution in [1.29, 1.82) is 0 Å². The summed E-state index contributed by atoms with van der Waals surface area (Å²) >= 11 is 0. The first-order valence-corrected chi connectivity index (χ1v) is 30.3. The zero-order valence-electron chi connectivity index (χ0n) is 46.5. The normalized spacial score (nSPS) is 12.4. The Kier molecular flexibility index (Phi) is 56.3. The molecule has 1 unspecified atom stereocenters. The van der Waals surface area contributed by atoms with E-state index in [4.69, 9.17) is 14.2 Å². The van der Waals surface area contributed by atoms with Gasteiger partial charge in [-0.1, -0.05) is 255 Å². The molecule has 0 bridgehead atoms. The minimum Gasteiger partial charge on any atom is -0.462 e. The van der Waals surface area contributed by atoms with Crippen LogP contribution in [0.3, 0.4) is 0 Å². The Morgan fingerprint density at radius 1 is 0.286 bits per heavy atom. The predicted molar refractivity (Wildman–Crippen MR) is 302 cm³/mol. The van der Waals surface area contributed by atoms with Gasteiger partial charge in [0.15, 0.2) is 6.10 Å². The molecule has 0 fully saturated rings. The molecule has 0 aromatic carbocycles. The van der Waals surface area contributed by atoms with Crippen LogP contribution < -0.4 is 0 Å². The van der Waals surface area contributed by atoms with Crippen molar-refractivity contribution < 1.29 is 28.6 Å². The smallest absolute Gasteiger partial charge is 0.306 e. The number of rotatable bonds is 55. The summed E-state index contributed by atoms with van der Waals surface area (Å²) in [6.07, 6.45) is 73.9. The van der Waals surface area contributed by atoms with Gasteiger partial charge < -0.3 is 14.2 Å². The molecule has 0 rings (SSSR count). The lowest BCUT2D eigenvalue weighted by atomic mass is 10.0. The molecule has 0 heterocycles. The van der Waals surface area contributed by atoms with E-state index in [1.54, 1.807) is 0 Å². The Morgan fingerprint density at radius 3 is 0.914 bits per heavy atom. The lowest BCUT2D eigenvalue weighted by Crippen LogP contribution is -2.30. The van der Waals surface area contributed by atoms with E-state index in [2.05, 4.69) is 81.5 Å². The lowest BCUT2D eigenvalue weighted by Gasteiger charge is -2.18. The highest BCUT2D eigenvalue weighted by atomic mass is 16.6. The van der Waals surface area contributed by atoms with Gasteiger partial charge in [0, 0.05) is 19.3 Å². The molecule has 0 amide bonds. The fourth-order valence-corrected chi connectivity index (χ4v) is 8.61. The molecule has 6 nitrogen and oxygen atoms in total. The van der Waals surface area contributed by atoms with E-state index >= 15 is 0 Å². The van der Waals surface area contributed by atoms with E-state index in [0.29, 0.717) is 19.3 Å². The molecule has 70 heavy (non-hydrogen) atoms. The first-order valence-electron chi connectivity index (χ1n) is 30.3. The third-order valence-electron chi connectivity index (χ3n) is 13.2. The fraction of sp³-hybridized carbons (Fsp3) is 0.797. The topological polar surface area (TPSA) is 78.9 Å². The van der Waals surface area contributed by atoms with Gasteiger partial charge in [-0.3, -0.25) is 14.4 Å². The van der Waals surface area contributed by atoms with Crippen molar-refractivity contribution in [2.24, 2.45) is 0 Å². The highest BCUT2D eigenvalue weighted by Crippen LogP contribution is 2.16. The minimum absolute atomic E-state index is 0.0782. The van der Waals surface area contributed by atoms with Crippen LogP contribution in [0, 0.1) is 0 Å². The van der Waals surface area contributed by atoms with Crippen LogP contribution in [0.4, 0.5) is 0 Å². The van der Waals surface area contributed by atoms with Crippen molar-refractivity contribution in [2.45, 2.75) is 316 Å². The maximum atomic E-state index is 12.8. The summed E-state index contributed by atoms with van der Waals surface area (Å²) in [5.74, 6) is -0.891. The summed E-state index contributed by atoms with van der Waals surface area (Å²) in [7, 11) is 0. The number of carbonyl (C=O) groups excluding carboxylic acids is 3. The Balaban J connectivity index is 4.05. The SMILES string of the molecule is CCC/C=C\CCCCCCCC(=O)OCC(COC(=O)CCCCCCCCCCCCCCCCCC/C=C\C/C=C\C/C=C\CCCCCCC)OC(=O)CCCCCCC/C=C\CCCC. The van der Waals surface area contributed by atoms with Gasteiger partial charge in [0.25, 0.3) is 0 Å². The Hall–Kier alpha value is -2.89. The second-order valence-corrected chi connectivity index (χ2v) is 20.2. The standard InChI is InChI=1S/C64H114O6/c1-4-7-10-13-16-19-22-23-24-25-26-27-28-29-30-31-32-33-34-35-36-37-38-39-40-41-43-45-48-51-54-57-63(66)69-60-61(59-68-62(65)56-53-50-47-44-21-18-15-12-9-6-3)70-64(67)58-55-52-49-46-42-20-17-14-11-8-5-2/h12,14-15,17,22-23,25-26,28-29,61H,4-11,13,16,18-21,24,27,30-60H2,1-3H3/b15-12-,17-14-,23-22-,26-25-,29-28-. The van der Waals surface area contributed by atoms with Gasteiger partial charge in [0.1, 0.15) is 13.2 Å². The number of hydrogen-bond donors (Lipinski definition) is 0. The Labute approximate surface area is 434 Å². The second-order valence-electron chi connectivity index (χ2n) is 20.2. The monoisotopic (exact) mass is 979 g/mol. The number of esters is 3. The number of unbranched alkanes of at least 4 members (excludes halogenated alkanes) is 34. The van der Waals surface area contributed by atoms with Crippen molar-refractivity contribution in [1.82, 2.24) is 0 Å². The number of allylic oxidation sites excluding steroid dienone is 10. The number of carbonyl (C=O) groups is 3. The quantitative estimate of drug-likeness (QED) is 0.0261. The molecule has 0 aliphatic rings. The van der Waals surface area contributed by atoms with E-state index in [0.717, 1.165) is 96.3 Å². The molecule has 0 aliphatic heterocycles. The summed E-state index contributed by atoms with van der Waals surface area (Å²) in [6.45, 7) is 6.53. The van der Waals surface area contributed by atoms with Crippen LogP contribution in [0.1, 0.15) is 310 Å². The van der Waals surface area contributed by atoms with Crippen LogP contribution in [0.15, 0.2) is 60.8 Å². The number of hydrogen-bond acceptors (Lipinski definition) is 6. The van der Waals surface area contributed by atoms with E-state index in [9.17, 15) is 14.4 Å². The molecule has 0 aromatic heterocycles. The summed E-state index contributed by atoms with van der Waals surface area (Å²) in [5.41, 5.74) is 0. The van der Waals surface area contributed by atoms with E-state index in [1.165, 1.54) is 173 Å². The van der Waals surface area contributed by atoms with Gasteiger partial charge >= 0.3 is 17.9 Å². The molecule has 1 atom stereocenters.